The first-order chi connectivity index (χ1) is 13.6. The Kier molecular flexibility index (Phi) is 4.45. The van der Waals surface area contributed by atoms with E-state index >= 15 is 0 Å². The molecule has 7 heteroatoms. The number of methoxy groups -OCH3 is 1. The first kappa shape index (κ1) is 18.5. The van der Waals surface area contributed by atoms with E-state index < -0.39 is 0 Å². The number of ether oxygens (including phenoxy) is 1. The Hall–Kier alpha value is -1.57. The summed E-state index contributed by atoms with van der Waals surface area (Å²) in [6.45, 7) is 0. The molecule has 2 aliphatic carbocycles. The van der Waals surface area contributed by atoms with Crippen molar-refractivity contribution < 1.29 is 4.74 Å². The van der Waals surface area contributed by atoms with Gasteiger partial charge in [-0.15, -0.1) is 11.8 Å². The molecule has 0 N–H and O–H groups in total. The molecular weight excluding hydrogens is 436 g/mol. The summed E-state index contributed by atoms with van der Waals surface area (Å²) < 4.78 is 9.92. The van der Waals surface area contributed by atoms with Crippen molar-refractivity contribution in [1.29, 1.82) is 0 Å². The number of nitrogens with zero attached hydrogens (tertiary/aromatic N) is 4. The quantitative estimate of drug-likeness (QED) is 0.377. The first-order valence-corrected chi connectivity index (χ1v) is 11.7. The van der Waals surface area contributed by atoms with Crippen LogP contribution in [-0.2, 0) is 0 Å². The van der Waals surface area contributed by atoms with Crippen LogP contribution in [0, 0.1) is 0 Å². The monoisotopic (exact) mass is 459 g/mol. The van der Waals surface area contributed by atoms with Gasteiger partial charge in [0.25, 0.3) is 0 Å². The number of hydrogen-bond donors (Lipinski definition) is 0. The Morgan fingerprint density at radius 1 is 1.21 bits per heavy atom. The molecule has 1 aromatic carbocycles. The van der Waals surface area contributed by atoms with Crippen LogP contribution in [0.4, 0.5) is 5.82 Å². The van der Waals surface area contributed by atoms with Gasteiger partial charge in [0.15, 0.2) is 10.7 Å². The SMILES string of the molecule is COc1cc(Br)ccc1-c1nccn2c([N+](C)(C3CC3)C3CC3)c(SC)nc12. The normalized spacial score (nSPS) is 17.3. The highest BCUT2D eigenvalue weighted by Gasteiger charge is 2.55. The maximum atomic E-state index is 5.64. The minimum Gasteiger partial charge on any atom is -0.496 e. The molecule has 0 spiro atoms. The van der Waals surface area contributed by atoms with Crippen LogP contribution in [-0.4, -0.2) is 46.9 Å². The molecule has 0 atom stereocenters. The molecule has 0 radical (unpaired) electrons. The highest BCUT2D eigenvalue weighted by atomic mass is 79.9. The van der Waals surface area contributed by atoms with Crippen LogP contribution in [0.2, 0.25) is 0 Å². The number of halogens is 1. The van der Waals surface area contributed by atoms with E-state index in [1.54, 1.807) is 18.9 Å². The van der Waals surface area contributed by atoms with Crippen molar-refractivity contribution in [1.82, 2.24) is 18.9 Å². The minimum atomic E-state index is 0.720. The predicted molar refractivity (Wildman–Crippen MR) is 118 cm³/mol. The molecule has 0 saturated heterocycles. The average Bonchev–Trinajstić information content (AvgIpc) is 3.61. The molecular formula is C21H24BrN4OS+. The number of benzene rings is 1. The molecule has 0 bridgehead atoms. The molecule has 146 valence electrons. The lowest BCUT2D eigenvalue weighted by atomic mass is 10.1. The second kappa shape index (κ2) is 6.75. The number of imidazole rings is 1. The van der Waals surface area contributed by atoms with Crippen molar-refractivity contribution in [3.8, 4) is 17.0 Å². The van der Waals surface area contributed by atoms with Crippen molar-refractivity contribution in [2.45, 2.75) is 42.8 Å². The van der Waals surface area contributed by atoms with Crippen LogP contribution in [0.5, 0.6) is 5.75 Å². The smallest absolute Gasteiger partial charge is 0.247 e. The van der Waals surface area contributed by atoms with Crippen LogP contribution in [0.1, 0.15) is 25.7 Å². The lowest BCUT2D eigenvalue weighted by molar-refractivity contribution is 0.294. The van der Waals surface area contributed by atoms with Gasteiger partial charge in [-0.25, -0.2) is 4.98 Å². The molecule has 0 unspecified atom stereocenters. The summed E-state index contributed by atoms with van der Waals surface area (Å²) in [4.78, 5) is 9.78. The van der Waals surface area contributed by atoms with Crippen molar-refractivity contribution in [3.63, 3.8) is 0 Å². The van der Waals surface area contributed by atoms with Gasteiger partial charge in [-0.1, -0.05) is 15.9 Å². The van der Waals surface area contributed by atoms with E-state index in [0.717, 1.165) is 48.7 Å². The van der Waals surface area contributed by atoms with Crippen LogP contribution in [0.25, 0.3) is 16.9 Å². The van der Waals surface area contributed by atoms with Gasteiger partial charge < -0.3 is 4.74 Å². The fourth-order valence-corrected chi connectivity index (χ4v) is 5.43. The summed E-state index contributed by atoms with van der Waals surface area (Å²) in [5.41, 5.74) is 2.74. The minimum absolute atomic E-state index is 0.720. The van der Waals surface area contributed by atoms with E-state index in [2.05, 4.69) is 39.8 Å². The van der Waals surface area contributed by atoms with Gasteiger partial charge in [-0.05, 0) is 24.5 Å². The molecule has 2 saturated carbocycles. The van der Waals surface area contributed by atoms with Crippen molar-refractivity contribution in [3.05, 3.63) is 35.1 Å². The number of thioether (sulfide) groups is 1. The summed E-state index contributed by atoms with van der Waals surface area (Å²) in [6, 6.07) is 7.49. The third kappa shape index (κ3) is 2.78. The lowest BCUT2D eigenvalue weighted by Gasteiger charge is -2.34. The van der Waals surface area contributed by atoms with Gasteiger partial charge in [0.05, 0.1) is 26.2 Å². The van der Waals surface area contributed by atoms with Crippen LogP contribution < -0.4 is 9.22 Å². The van der Waals surface area contributed by atoms with E-state index in [1.807, 2.05) is 24.4 Å². The van der Waals surface area contributed by atoms with Gasteiger partial charge >= 0.3 is 0 Å². The summed E-state index contributed by atoms with van der Waals surface area (Å²) in [7, 11) is 4.11. The zero-order valence-electron chi connectivity index (χ0n) is 16.4. The highest BCUT2D eigenvalue weighted by Crippen LogP contribution is 2.50. The fraction of sp³-hybridized carbons (Fsp3) is 0.429. The van der Waals surface area contributed by atoms with E-state index in [4.69, 9.17) is 14.7 Å². The summed E-state index contributed by atoms with van der Waals surface area (Å²) in [5.74, 6) is 2.12. The third-order valence-corrected chi connectivity index (χ3v) is 7.32. The van der Waals surface area contributed by atoms with Gasteiger partial charge in [0.1, 0.15) is 11.4 Å². The Bertz CT molecular complexity index is 1050. The standard InChI is InChI=1S/C21H24BrN4OS/c1-26(14-5-6-14,15-7-8-15)21-20(28-3)24-19-18(23-10-11-25(19)21)16-9-4-13(22)12-17(16)27-2/h4,9-12,14-15H,5-8H2,1-3H3/q+1. The summed E-state index contributed by atoms with van der Waals surface area (Å²) in [5, 5.41) is 1.12. The number of quaternary nitrogens is 1. The molecule has 5 nitrogen and oxygen atoms in total. The summed E-state index contributed by atoms with van der Waals surface area (Å²) in [6.07, 6.45) is 11.3. The van der Waals surface area contributed by atoms with Crippen LogP contribution in [0.3, 0.4) is 0 Å². The Morgan fingerprint density at radius 2 is 1.93 bits per heavy atom. The molecule has 3 aromatic rings. The Morgan fingerprint density at radius 3 is 2.54 bits per heavy atom. The van der Waals surface area contributed by atoms with E-state index in [9.17, 15) is 0 Å². The second-order valence-corrected chi connectivity index (χ2v) is 9.58. The largest absolute Gasteiger partial charge is 0.496 e. The Labute approximate surface area is 177 Å². The zero-order valence-corrected chi connectivity index (χ0v) is 18.8. The second-order valence-electron chi connectivity index (χ2n) is 7.87. The fourth-order valence-electron chi connectivity index (χ4n) is 4.44. The average molecular weight is 460 g/mol. The molecule has 2 heterocycles. The first-order valence-electron chi connectivity index (χ1n) is 9.69. The number of fused-ring (bicyclic) bond motifs is 1. The molecule has 2 aliphatic rings. The maximum Gasteiger partial charge on any atom is 0.247 e. The van der Waals surface area contributed by atoms with Crippen molar-refractivity contribution in [2.75, 3.05) is 20.4 Å². The van der Waals surface area contributed by atoms with Gasteiger partial charge in [0.2, 0.25) is 5.82 Å². The Balaban J connectivity index is 1.76. The summed E-state index contributed by atoms with van der Waals surface area (Å²) >= 11 is 5.27. The maximum absolute atomic E-state index is 5.64. The highest BCUT2D eigenvalue weighted by molar-refractivity contribution is 9.10. The van der Waals surface area contributed by atoms with Crippen molar-refractivity contribution >= 4 is 39.2 Å². The van der Waals surface area contributed by atoms with Gasteiger partial charge in [0, 0.05) is 48.1 Å². The third-order valence-electron chi connectivity index (χ3n) is 6.17. The number of hydrogen-bond acceptors (Lipinski definition) is 4. The topological polar surface area (TPSA) is 39.4 Å². The number of aromatic nitrogens is 3. The van der Waals surface area contributed by atoms with Gasteiger partial charge in [-0.3, -0.25) is 13.9 Å². The molecule has 2 aromatic heterocycles. The number of rotatable bonds is 6. The molecule has 0 aliphatic heterocycles. The van der Waals surface area contributed by atoms with Gasteiger partial charge in [-0.2, -0.15) is 0 Å². The molecule has 28 heavy (non-hydrogen) atoms. The molecule has 2 fully saturated rings. The predicted octanol–water partition coefficient (Wildman–Crippen LogP) is 5.15. The van der Waals surface area contributed by atoms with E-state index in [0.29, 0.717) is 0 Å². The van der Waals surface area contributed by atoms with Crippen molar-refractivity contribution in [2.24, 2.45) is 0 Å². The van der Waals surface area contributed by atoms with Crippen LogP contribution >= 0.6 is 27.7 Å². The molecule has 5 rings (SSSR count). The molecule has 0 amide bonds. The zero-order chi connectivity index (χ0) is 19.5. The van der Waals surface area contributed by atoms with E-state index in [-0.39, 0.29) is 0 Å². The lowest BCUT2D eigenvalue weighted by Crippen LogP contribution is -2.50. The van der Waals surface area contributed by atoms with E-state index in [1.165, 1.54) is 31.5 Å². The van der Waals surface area contributed by atoms with Crippen LogP contribution in [0.15, 0.2) is 40.1 Å².